The third-order valence-electron chi connectivity index (χ3n) is 4.39. The van der Waals surface area contributed by atoms with E-state index in [2.05, 4.69) is 10.0 Å². The number of likely N-dealkylation sites (N-methyl/N-ethyl adjacent to an activating group) is 1. The molecule has 0 spiro atoms. The number of hydrogen-bond donors (Lipinski definition) is 3. The molecular weight excluding hydrogens is 358 g/mol. The molecule has 1 aliphatic heterocycles. The van der Waals surface area contributed by atoms with Crippen molar-refractivity contribution in [3.05, 3.63) is 23.8 Å². The second kappa shape index (κ2) is 8.24. The summed E-state index contributed by atoms with van der Waals surface area (Å²) < 4.78 is 31.9. The molecule has 0 saturated carbocycles. The number of aliphatic hydroxyl groups is 1. The van der Waals surface area contributed by atoms with Crippen LogP contribution in [0, 0.1) is 5.92 Å². The Morgan fingerprint density at radius 3 is 2.69 bits per heavy atom. The fourth-order valence-corrected chi connectivity index (χ4v) is 3.53. The number of carbonyl (C=O) groups is 1. The summed E-state index contributed by atoms with van der Waals surface area (Å²) in [5.74, 6) is -0.113. The van der Waals surface area contributed by atoms with Crippen LogP contribution in [0.3, 0.4) is 0 Å². The molecular formula is C17H27N3O5S. The predicted molar refractivity (Wildman–Crippen MR) is 100.0 cm³/mol. The topological polar surface area (TPSA) is 108 Å². The predicted octanol–water partition coefficient (Wildman–Crippen LogP) is 0.498. The monoisotopic (exact) mass is 385 g/mol. The van der Waals surface area contributed by atoms with Gasteiger partial charge in [0.1, 0.15) is 6.10 Å². The van der Waals surface area contributed by atoms with E-state index in [-0.39, 0.29) is 47.6 Å². The van der Waals surface area contributed by atoms with Crippen molar-refractivity contribution in [1.82, 2.24) is 10.2 Å². The van der Waals surface area contributed by atoms with Crippen LogP contribution >= 0.6 is 0 Å². The van der Waals surface area contributed by atoms with Crippen molar-refractivity contribution < 1.29 is 23.1 Å². The molecule has 26 heavy (non-hydrogen) atoms. The zero-order valence-corrected chi connectivity index (χ0v) is 16.3. The van der Waals surface area contributed by atoms with Crippen molar-refractivity contribution in [2.75, 3.05) is 37.7 Å². The van der Waals surface area contributed by atoms with Gasteiger partial charge < -0.3 is 20.1 Å². The van der Waals surface area contributed by atoms with Crippen molar-refractivity contribution in [2.45, 2.75) is 26.0 Å². The number of amides is 1. The summed E-state index contributed by atoms with van der Waals surface area (Å²) in [4.78, 5) is 14.7. The lowest BCUT2D eigenvalue weighted by Crippen LogP contribution is -2.49. The number of nitrogens with zero attached hydrogens (tertiary/aromatic N) is 1. The molecule has 9 heteroatoms. The van der Waals surface area contributed by atoms with Gasteiger partial charge in [0, 0.05) is 19.0 Å². The molecule has 1 aliphatic rings. The first-order valence-corrected chi connectivity index (χ1v) is 10.4. The van der Waals surface area contributed by atoms with Gasteiger partial charge in [0.2, 0.25) is 10.0 Å². The van der Waals surface area contributed by atoms with Gasteiger partial charge in [-0.2, -0.15) is 0 Å². The number of ether oxygens (including phenoxy) is 1. The number of carbonyl (C=O) groups excluding carboxylic acids is 1. The first-order valence-electron chi connectivity index (χ1n) is 8.51. The lowest BCUT2D eigenvalue weighted by atomic mass is 9.99. The van der Waals surface area contributed by atoms with Crippen LogP contribution in [0.5, 0.6) is 5.75 Å². The number of rotatable bonds is 6. The van der Waals surface area contributed by atoms with Gasteiger partial charge in [-0.1, -0.05) is 13.0 Å². The van der Waals surface area contributed by atoms with E-state index in [1.165, 1.54) is 0 Å². The fourth-order valence-electron chi connectivity index (χ4n) is 2.97. The van der Waals surface area contributed by atoms with E-state index < -0.39 is 10.0 Å². The minimum atomic E-state index is -3.54. The second-order valence-electron chi connectivity index (χ2n) is 6.74. The first-order chi connectivity index (χ1) is 12.2. The van der Waals surface area contributed by atoms with Gasteiger partial charge in [-0.15, -0.1) is 0 Å². The lowest BCUT2D eigenvalue weighted by molar-refractivity contribution is 0.0417. The highest BCUT2D eigenvalue weighted by Gasteiger charge is 2.33. The highest BCUT2D eigenvalue weighted by Crippen LogP contribution is 2.35. The summed E-state index contributed by atoms with van der Waals surface area (Å²) in [6, 6.07) is 4.41. The van der Waals surface area contributed by atoms with E-state index >= 15 is 0 Å². The van der Waals surface area contributed by atoms with Gasteiger partial charge in [0.25, 0.3) is 5.91 Å². The van der Waals surface area contributed by atoms with Crippen LogP contribution in [0.2, 0.25) is 0 Å². The maximum absolute atomic E-state index is 13.1. The summed E-state index contributed by atoms with van der Waals surface area (Å²) in [7, 11) is -1.74. The molecule has 0 saturated heterocycles. The van der Waals surface area contributed by atoms with Gasteiger partial charge in [-0.05, 0) is 26.1 Å². The minimum Gasteiger partial charge on any atom is -0.486 e. The van der Waals surface area contributed by atoms with Crippen molar-refractivity contribution in [3.63, 3.8) is 0 Å². The molecule has 1 amide bonds. The SMILES string of the molecule is CNC[C@H]1Oc2c(NS(C)(=O)=O)cccc2C(=O)N([C@H](C)CO)C[C@H]1C. The average molecular weight is 385 g/mol. The first kappa shape index (κ1) is 20.5. The molecule has 3 atom stereocenters. The maximum atomic E-state index is 13.1. The zero-order valence-electron chi connectivity index (χ0n) is 15.5. The summed E-state index contributed by atoms with van der Waals surface area (Å²) in [5.41, 5.74) is 0.497. The molecule has 0 bridgehead atoms. The minimum absolute atomic E-state index is 0.0279. The van der Waals surface area contributed by atoms with Gasteiger partial charge in [-0.25, -0.2) is 8.42 Å². The zero-order chi connectivity index (χ0) is 19.5. The van der Waals surface area contributed by atoms with Crippen LogP contribution in [-0.4, -0.2) is 69.5 Å². The summed E-state index contributed by atoms with van der Waals surface area (Å²) in [6.07, 6.45) is 0.771. The lowest BCUT2D eigenvalue weighted by Gasteiger charge is -2.37. The Morgan fingerprint density at radius 2 is 2.12 bits per heavy atom. The average Bonchev–Trinajstić information content (AvgIpc) is 2.56. The van der Waals surface area contributed by atoms with Gasteiger partial charge in [0.15, 0.2) is 5.75 Å². The number of aliphatic hydroxyl groups excluding tert-OH is 1. The molecule has 146 valence electrons. The van der Waals surface area contributed by atoms with Crippen molar-refractivity contribution in [2.24, 2.45) is 5.92 Å². The molecule has 0 unspecified atom stereocenters. The number of sulfonamides is 1. The van der Waals surface area contributed by atoms with Crippen LogP contribution in [0.15, 0.2) is 18.2 Å². The van der Waals surface area contributed by atoms with Gasteiger partial charge in [-0.3, -0.25) is 9.52 Å². The standard InChI is InChI=1S/C17H27N3O5S/c1-11-9-20(12(2)10-21)17(22)13-6-5-7-14(19-26(4,23)24)16(13)25-15(11)8-18-3/h5-7,11-12,15,18-19,21H,8-10H2,1-4H3/t11-,12-,15-/m1/s1. The Morgan fingerprint density at radius 1 is 1.42 bits per heavy atom. The third kappa shape index (κ3) is 4.66. The normalized spacial score (nSPS) is 22.0. The Kier molecular flexibility index (Phi) is 6.48. The third-order valence-corrected chi connectivity index (χ3v) is 4.98. The smallest absolute Gasteiger partial charge is 0.258 e. The molecule has 0 aliphatic carbocycles. The summed E-state index contributed by atoms with van der Waals surface area (Å²) in [6.45, 7) is 4.54. The van der Waals surface area contributed by atoms with E-state index in [1.54, 1.807) is 37.1 Å². The van der Waals surface area contributed by atoms with Crippen molar-refractivity contribution in [1.29, 1.82) is 0 Å². The molecule has 1 aromatic carbocycles. The van der Waals surface area contributed by atoms with Crippen molar-refractivity contribution in [3.8, 4) is 5.75 Å². The maximum Gasteiger partial charge on any atom is 0.258 e. The molecule has 0 aromatic heterocycles. The Bertz CT molecular complexity index is 753. The van der Waals surface area contributed by atoms with Gasteiger partial charge in [0.05, 0.1) is 30.2 Å². The van der Waals surface area contributed by atoms with E-state index in [9.17, 15) is 18.3 Å². The molecule has 0 fully saturated rings. The molecule has 8 nitrogen and oxygen atoms in total. The van der Waals surface area contributed by atoms with E-state index in [1.807, 2.05) is 6.92 Å². The Hall–Kier alpha value is -1.84. The molecule has 3 N–H and O–H groups in total. The van der Waals surface area contributed by atoms with Crippen LogP contribution in [0.25, 0.3) is 0 Å². The summed E-state index contributed by atoms with van der Waals surface area (Å²) in [5, 5.41) is 12.6. The van der Waals surface area contributed by atoms with Crippen LogP contribution in [0.1, 0.15) is 24.2 Å². The highest BCUT2D eigenvalue weighted by molar-refractivity contribution is 7.92. The van der Waals surface area contributed by atoms with Crippen molar-refractivity contribution >= 4 is 21.6 Å². The fraction of sp³-hybridized carbons (Fsp3) is 0.588. The number of benzene rings is 1. The molecule has 1 heterocycles. The quantitative estimate of drug-likeness (QED) is 0.658. The van der Waals surface area contributed by atoms with Crippen LogP contribution in [0.4, 0.5) is 5.69 Å². The molecule has 2 rings (SSSR count). The number of nitrogens with one attached hydrogen (secondary N) is 2. The Labute approximate surface area is 154 Å². The molecule has 1 aromatic rings. The Balaban J connectivity index is 2.59. The van der Waals surface area contributed by atoms with E-state index in [0.717, 1.165) is 6.26 Å². The van der Waals surface area contributed by atoms with Crippen LogP contribution in [-0.2, 0) is 10.0 Å². The molecule has 0 radical (unpaired) electrons. The number of para-hydroxylation sites is 1. The largest absolute Gasteiger partial charge is 0.486 e. The summed E-state index contributed by atoms with van der Waals surface area (Å²) >= 11 is 0. The van der Waals surface area contributed by atoms with Crippen LogP contribution < -0.4 is 14.8 Å². The number of anilines is 1. The second-order valence-corrected chi connectivity index (χ2v) is 8.49. The van der Waals surface area contributed by atoms with E-state index in [4.69, 9.17) is 4.74 Å². The van der Waals surface area contributed by atoms with Gasteiger partial charge >= 0.3 is 0 Å². The highest BCUT2D eigenvalue weighted by atomic mass is 32.2. The number of hydrogen-bond acceptors (Lipinski definition) is 6. The number of fused-ring (bicyclic) bond motifs is 1. The van der Waals surface area contributed by atoms with E-state index in [0.29, 0.717) is 13.1 Å².